The second-order valence-corrected chi connectivity index (χ2v) is 4.90. The lowest BCUT2D eigenvalue weighted by Crippen LogP contribution is -2.25. The summed E-state index contributed by atoms with van der Waals surface area (Å²) in [5, 5.41) is 18.4. The molecule has 1 rings (SSSR count). The molecule has 0 bridgehead atoms. The van der Waals surface area contributed by atoms with E-state index >= 15 is 0 Å². The van der Waals surface area contributed by atoms with Crippen molar-refractivity contribution in [1.82, 2.24) is 0 Å². The molecule has 1 aromatic rings. The van der Waals surface area contributed by atoms with E-state index in [1.165, 1.54) is 0 Å². The molecular formula is C13H20BrNO2. The number of anilines is 1. The predicted octanol–water partition coefficient (Wildman–Crippen LogP) is 2.71. The van der Waals surface area contributed by atoms with Crippen molar-refractivity contribution in [1.29, 1.82) is 0 Å². The molecule has 1 atom stereocenters. The lowest BCUT2D eigenvalue weighted by atomic mass is 10.1. The van der Waals surface area contributed by atoms with Crippen LogP contribution in [0.5, 0.6) is 0 Å². The van der Waals surface area contributed by atoms with E-state index in [-0.39, 0.29) is 6.61 Å². The summed E-state index contributed by atoms with van der Waals surface area (Å²) in [5.74, 6) is 0. The Kier molecular flexibility index (Phi) is 5.95. The first-order valence-corrected chi connectivity index (χ1v) is 6.72. The van der Waals surface area contributed by atoms with Gasteiger partial charge in [0.1, 0.15) is 0 Å². The molecule has 3 nitrogen and oxygen atoms in total. The minimum atomic E-state index is -0.451. The molecule has 0 spiro atoms. The maximum absolute atomic E-state index is 9.51. The van der Waals surface area contributed by atoms with Gasteiger partial charge < -0.3 is 15.1 Å². The number of aliphatic hydroxyl groups excluding tert-OH is 2. The van der Waals surface area contributed by atoms with Crippen LogP contribution < -0.4 is 4.90 Å². The van der Waals surface area contributed by atoms with Gasteiger partial charge in [0, 0.05) is 24.2 Å². The van der Waals surface area contributed by atoms with Crippen molar-refractivity contribution in [3.8, 4) is 0 Å². The topological polar surface area (TPSA) is 43.7 Å². The Morgan fingerprint density at radius 2 is 2.12 bits per heavy atom. The molecule has 0 saturated carbocycles. The van der Waals surface area contributed by atoms with Crippen LogP contribution in [-0.4, -0.2) is 29.9 Å². The number of aliphatic hydroxyl groups is 2. The standard InChI is InChI=1S/C13H20BrNO2/c1-3-15(7-4-8-16)13-6-5-11(10(2)17)9-12(13)14/h5-6,9-10,16-17H,3-4,7-8H2,1-2H3/t10-/m0/s1. The van der Waals surface area contributed by atoms with E-state index in [2.05, 4.69) is 27.8 Å². The monoisotopic (exact) mass is 301 g/mol. The van der Waals surface area contributed by atoms with E-state index in [9.17, 15) is 5.11 Å². The van der Waals surface area contributed by atoms with Crippen LogP contribution in [-0.2, 0) is 0 Å². The Hall–Kier alpha value is -0.580. The normalized spacial score (nSPS) is 12.5. The van der Waals surface area contributed by atoms with Crippen LogP contribution in [0.15, 0.2) is 22.7 Å². The molecule has 0 aromatic heterocycles. The fraction of sp³-hybridized carbons (Fsp3) is 0.538. The molecule has 2 N–H and O–H groups in total. The van der Waals surface area contributed by atoms with Crippen molar-refractivity contribution in [2.75, 3.05) is 24.6 Å². The highest BCUT2D eigenvalue weighted by Crippen LogP contribution is 2.29. The van der Waals surface area contributed by atoms with Crippen LogP contribution in [0, 0.1) is 0 Å². The van der Waals surface area contributed by atoms with Crippen LogP contribution in [0.1, 0.15) is 31.9 Å². The van der Waals surface area contributed by atoms with Crippen LogP contribution in [0.3, 0.4) is 0 Å². The minimum Gasteiger partial charge on any atom is -0.396 e. The van der Waals surface area contributed by atoms with Gasteiger partial charge in [-0.2, -0.15) is 0 Å². The summed E-state index contributed by atoms with van der Waals surface area (Å²) in [6.45, 7) is 5.78. The SMILES string of the molecule is CCN(CCCO)c1ccc([C@H](C)O)cc1Br. The molecule has 0 amide bonds. The van der Waals surface area contributed by atoms with Gasteiger partial charge in [-0.05, 0) is 53.9 Å². The summed E-state index contributed by atoms with van der Waals surface area (Å²) in [7, 11) is 0. The Morgan fingerprint density at radius 1 is 1.41 bits per heavy atom. The fourth-order valence-electron chi connectivity index (χ4n) is 1.75. The van der Waals surface area contributed by atoms with E-state index in [4.69, 9.17) is 5.11 Å². The Balaban J connectivity index is 2.88. The molecule has 1 aromatic carbocycles. The van der Waals surface area contributed by atoms with Crippen molar-refractivity contribution in [2.24, 2.45) is 0 Å². The third-order valence-electron chi connectivity index (χ3n) is 2.76. The van der Waals surface area contributed by atoms with Crippen LogP contribution in [0.25, 0.3) is 0 Å². The smallest absolute Gasteiger partial charge is 0.0762 e. The van der Waals surface area contributed by atoms with Gasteiger partial charge in [-0.25, -0.2) is 0 Å². The number of nitrogens with zero attached hydrogens (tertiary/aromatic N) is 1. The van der Waals surface area contributed by atoms with Gasteiger partial charge in [0.05, 0.1) is 11.8 Å². The highest BCUT2D eigenvalue weighted by atomic mass is 79.9. The third-order valence-corrected chi connectivity index (χ3v) is 3.40. The van der Waals surface area contributed by atoms with E-state index in [1.54, 1.807) is 6.92 Å². The summed E-state index contributed by atoms with van der Waals surface area (Å²) >= 11 is 3.53. The van der Waals surface area contributed by atoms with Gasteiger partial charge in [-0.3, -0.25) is 0 Å². The third kappa shape index (κ3) is 3.98. The number of halogens is 1. The first-order chi connectivity index (χ1) is 8.10. The fourth-order valence-corrected chi connectivity index (χ4v) is 2.40. The number of benzene rings is 1. The molecule has 0 aliphatic carbocycles. The number of hydrogen-bond donors (Lipinski definition) is 2. The second-order valence-electron chi connectivity index (χ2n) is 4.04. The summed E-state index contributed by atoms with van der Waals surface area (Å²) in [4.78, 5) is 2.20. The first-order valence-electron chi connectivity index (χ1n) is 5.93. The highest BCUT2D eigenvalue weighted by molar-refractivity contribution is 9.10. The maximum atomic E-state index is 9.51. The van der Waals surface area contributed by atoms with Crippen molar-refractivity contribution < 1.29 is 10.2 Å². The Morgan fingerprint density at radius 3 is 2.59 bits per heavy atom. The zero-order valence-electron chi connectivity index (χ0n) is 10.4. The van der Waals surface area contributed by atoms with Crippen molar-refractivity contribution in [2.45, 2.75) is 26.4 Å². The molecule has 17 heavy (non-hydrogen) atoms. The average molecular weight is 302 g/mol. The second kappa shape index (κ2) is 6.99. The van der Waals surface area contributed by atoms with Crippen LogP contribution in [0.4, 0.5) is 5.69 Å². The van der Waals surface area contributed by atoms with Crippen molar-refractivity contribution in [3.63, 3.8) is 0 Å². The van der Waals surface area contributed by atoms with Gasteiger partial charge in [0.25, 0.3) is 0 Å². The molecule has 0 aliphatic heterocycles. The summed E-state index contributed by atoms with van der Waals surface area (Å²) in [5.41, 5.74) is 2.00. The molecule has 4 heteroatoms. The summed E-state index contributed by atoms with van der Waals surface area (Å²) < 4.78 is 0.982. The zero-order valence-corrected chi connectivity index (χ0v) is 11.9. The lowest BCUT2D eigenvalue weighted by molar-refractivity contribution is 0.199. The van der Waals surface area contributed by atoms with Gasteiger partial charge in [-0.1, -0.05) is 6.07 Å². The molecule has 96 valence electrons. The molecule has 0 unspecified atom stereocenters. The lowest BCUT2D eigenvalue weighted by Gasteiger charge is -2.24. The van der Waals surface area contributed by atoms with E-state index in [0.29, 0.717) is 0 Å². The van der Waals surface area contributed by atoms with E-state index < -0.39 is 6.10 Å². The van der Waals surface area contributed by atoms with E-state index in [1.807, 2.05) is 18.2 Å². The summed E-state index contributed by atoms with van der Waals surface area (Å²) in [6, 6.07) is 5.89. The highest BCUT2D eigenvalue weighted by Gasteiger charge is 2.10. The predicted molar refractivity (Wildman–Crippen MR) is 74.4 cm³/mol. The quantitative estimate of drug-likeness (QED) is 0.849. The zero-order chi connectivity index (χ0) is 12.8. The van der Waals surface area contributed by atoms with Crippen molar-refractivity contribution in [3.05, 3.63) is 28.2 Å². The maximum Gasteiger partial charge on any atom is 0.0762 e. The molecule has 0 radical (unpaired) electrons. The minimum absolute atomic E-state index is 0.208. The van der Waals surface area contributed by atoms with Crippen LogP contribution >= 0.6 is 15.9 Å². The van der Waals surface area contributed by atoms with Crippen molar-refractivity contribution >= 4 is 21.6 Å². The van der Waals surface area contributed by atoms with Gasteiger partial charge in [-0.15, -0.1) is 0 Å². The van der Waals surface area contributed by atoms with Crippen LogP contribution in [0.2, 0.25) is 0 Å². The van der Waals surface area contributed by atoms with Gasteiger partial charge in [0.15, 0.2) is 0 Å². The van der Waals surface area contributed by atoms with Gasteiger partial charge >= 0.3 is 0 Å². The van der Waals surface area contributed by atoms with E-state index in [0.717, 1.165) is 35.2 Å². The summed E-state index contributed by atoms with van der Waals surface area (Å²) in [6.07, 6.45) is 0.311. The number of hydrogen-bond acceptors (Lipinski definition) is 3. The largest absolute Gasteiger partial charge is 0.396 e. The molecule has 0 saturated heterocycles. The Bertz CT molecular complexity index is 355. The Labute approximate surface area is 111 Å². The molecular weight excluding hydrogens is 282 g/mol. The molecule has 0 aliphatic rings. The molecule has 0 fully saturated rings. The molecule has 0 heterocycles. The van der Waals surface area contributed by atoms with Gasteiger partial charge in [0.2, 0.25) is 0 Å². The number of rotatable bonds is 6. The first kappa shape index (κ1) is 14.5. The average Bonchev–Trinajstić information content (AvgIpc) is 2.31.